The summed E-state index contributed by atoms with van der Waals surface area (Å²) in [5, 5.41) is 9.79. The van der Waals surface area contributed by atoms with Crippen LogP contribution < -0.4 is 5.43 Å². The van der Waals surface area contributed by atoms with Gasteiger partial charge in [-0.1, -0.05) is 0 Å². The fraction of sp³-hybridized carbons (Fsp3) is 0.667. The molecule has 0 aromatic heterocycles. The SMILES string of the molecule is CC(C(=O)O)C(=O)NN(C)C. The lowest BCUT2D eigenvalue weighted by Gasteiger charge is -2.13. The summed E-state index contributed by atoms with van der Waals surface area (Å²) in [5.41, 5.74) is 2.34. The van der Waals surface area contributed by atoms with Crippen molar-refractivity contribution in [3.8, 4) is 0 Å². The Morgan fingerprint density at radius 1 is 1.45 bits per heavy atom. The molecule has 0 aromatic carbocycles. The smallest absolute Gasteiger partial charge is 0.315 e. The van der Waals surface area contributed by atoms with Crippen molar-refractivity contribution in [2.45, 2.75) is 6.92 Å². The van der Waals surface area contributed by atoms with Crippen LogP contribution in [-0.4, -0.2) is 36.1 Å². The van der Waals surface area contributed by atoms with E-state index in [-0.39, 0.29) is 0 Å². The van der Waals surface area contributed by atoms with E-state index in [4.69, 9.17) is 5.11 Å². The zero-order valence-corrected chi connectivity index (χ0v) is 6.79. The molecular weight excluding hydrogens is 148 g/mol. The van der Waals surface area contributed by atoms with Crippen molar-refractivity contribution >= 4 is 11.9 Å². The monoisotopic (exact) mass is 160 g/mol. The van der Waals surface area contributed by atoms with E-state index < -0.39 is 17.8 Å². The molecule has 0 spiro atoms. The van der Waals surface area contributed by atoms with Gasteiger partial charge in [0.1, 0.15) is 5.92 Å². The van der Waals surface area contributed by atoms with E-state index in [1.165, 1.54) is 11.9 Å². The van der Waals surface area contributed by atoms with Crippen LogP contribution in [0.4, 0.5) is 0 Å². The van der Waals surface area contributed by atoms with Crippen molar-refractivity contribution in [2.75, 3.05) is 14.1 Å². The fourth-order valence-electron chi connectivity index (χ4n) is 0.429. The Kier molecular flexibility index (Phi) is 3.53. The second kappa shape index (κ2) is 3.92. The van der Waals surface area contributed by atoms with Crippen LogP contribution in [0.3, 0.4) is 0 Å². The third kappa shape index (κ3) is 3.57. The highest BCUT2D eigenvalue weighted by molar-refractivity contribution is 5.96. The van der Waals surface area contributed by atoms with Gasteiger partial charge >= 0.3 is 5.97 Å². The summed E-state index contributed by atoms with van der Waals surface area (Å²) in [6.07, 6.45) is 0. The van der Waals surface area contributed by atoms with Crippen LogP contribution in [0.1, 0.15) is 6.92 Å². The van der Waals surface area contributed by atoms with Crippen molar-refractivity contribution in [3.63, 3.8) is 0 Å². The van der Waals surface area contributed by atoms with Gasteiger partial charge in [-0.05, 0) is 6.92 Å². The van der Waals surface area contributed by atoms with Gasteiger partial charge < -0.3 is 5.11 Å². The first-order chi connectivity index (χ1) is 4.95. The number of amides is 1. The predicted octanol–water partition coefficient (Wildman–Crippen LogP) is -0.700. The number of carboxylic acid groups (broad SMARTS) is 1. The largest absolute Gasteiger partial charge is 0.481 e. The maximum atomic E-state index is 10.9. The number of nitrogens with one attached hydrogen (secondary N) is 1. The Morgan fingerprint density at radius 2 is 1.91 bits per heavy atom. The van der Waals surface area contributed by atoms with Gasteiger partial charge in [0.25, 0.3) is 0 Å². The second-order valence-corrected chi connectivity index (χ2v) is 2.43. The quantitative estimate of drug-likeness (QED) is 0.423. The number of carbonyl (C=O) groups is 2. The molecule has 0 aromatic rings. The summed E-state index contributed by atoms with van der Waals surface area (Å²) in [6.45, 7) is 1.33. The Balaban J connectivity index is 3.93. The number of hydrogen-bond donors (Lipinski definition) is 2. The van der Waals surface area contributed by atoms with Crippen LogP contribution in [0.2, 0.25) is 0 Å². The molecule has 5 nitrogen and oxygen atoms in total. The molecule has 5 heteroatoms. The van der Waals surface area contributed by atoms with Gasteiger partial charge in [-0.2, -0.15) is 0 Å². The molecule has 0 bridgehead atoms. The number of hydrazine groups is 1. The summed E-state index contributed by atoms with van der Waals surface area (Å²) in [7, 11) is 3.24. The van der Waals surface area contributed by atoms with E-state index >= 15 is 0 Å². The van der Waals surface area contributed by atoms with Crippen molar-refractivity contribution < 1.29 is 14.7 Å². The van der Waals surface area contributed by atoms with E-state index in [2.05, 4.69) is 5.43 Å². The topological polar surface area (TPSA) is 69.6 Å². The molecule has 1 atom stereocenters. The minimum absolute atomic E-state index is 0.512. The van der Waals surface area contributed by atoms with Gasteiger partial charge in [0, 0.05) is 14.1 Å². The first kappa shape index (κ1) is 9.90. The highest BCUT2D eigenvalue weighted by Crippen LogP contribution is 1.93. The van der Waals surface area contributed by atoms with Crippen LogP contribution in [-0.2, 0) is 9.59 Å². The first-order valence-electron chi connectivity index (χ1n) is 3.15. The van der Waals surface area contributed by atoms with Crippen LogP contribution in [0.25, 0.3) is 0 Å². The number of aliphatic carboxylic acids is 1. The summed E-state index contributed by atoms with van der Waals surface area (Å²) >= 11 is 0. The molecule has 64 valence electrons. The van der Waals surface area contributed by atoms with Gasteiger partial charge in [-0.3, -0.25) is 15.0 Å². The molecule has 0 rings (SSSR count). The predicted molar refractivity (Wildman–Crippen MR) is 38.6 cm³/mol. The number of nitrogens with zero attached hydrogens (tertiary/aromatic N) is 1. The van der Waals surface area contributed by atoms with Gasteiger partial charge in [0.2, 0.25) is 5.91 Å². The molecule has 0 saturated carbocycles. The summed E-state index contributed by atoms with van der Waals surface area (Å²) < 4.78 is 0. The molecule has 0 fully saturated rings. The Bertz CT molecular complexity index is 167. The van der Waals surface area contributed by atoms with E-state index in [1.54, 1.807) is 14.1 Å². The van der Waals surface area contributed by atoms with Crippen LogP contribution in [0, 0.1) is 5.92 Å². The van der Waals surface area contributed by atoms with Crippen molar-refractivity contribution in [1.82, 2.24) is 10.4 Å². The lowest BCUT2D eigenvalue weighted by atomic mass is 10.2. The molecule has 1 amide bonds. The third-order valence-electron chi connectivity index (χ3n) is 1.10. The fourth-order valence-corrected chi connectivity index (χ4v) is 0.429. The second-order valence-electron chi connectivity index (χ2n) is 2.43. The molecule has 0 radical (unpaired) electrons. The molecule has 0 aliphatic rings. The van der Waals surface area contributed by atoms with Gasteiger partial charge in [0.05, 0.1) is 0 Å². The van der Waals surface area contributed by atoms with E-state index in [0.717, 1.165) is 0 Å². The highest BCUT2D eigenvalue weighted by Gasteiger charge is 2.20. The lowest BCUT2D eigenvalue weighted by molar-refractivity contribution is -0.147. The number of hydrogen-bond acceptors (Lipinski definition) is 3. The third-order valence-corrected chi connectivity index (χ3v) is 1.10. The van der Waals surface area contributed by atoms with Crippen LogP contribution >= 0.6 is 0 Å². The van der Waals surface area contributed by atoms with Crippen LogP contribution in [0.15, 0.2) is 0 Å². The van der Waals surface area contributed by atoms with E-state index in [9.17, 15) is 9.59 Å². The average molecular weight is 160 g/mol. The molecule has 0 heterocycles. The maximum Gasteiger partial charge on any atom is 0.315 e. The first-order valence-corrected chi connectivity index (χ1v) is 3.15. The van der Waals surface area contributed by atoms with Crippen molar-refractivity contribution in [3.05, 3.63) is 0 Å². The number of carbonyl (C=O) groups excluding carboxylic acids is 1. The molecule has 0 aliphatic carbocycles. The Hall–Kier alpha value is -1.10. The summed E-state index contributed by atoms with van der Waals surface area (Å²) in [6, 6.07) is 0. The van der Waals surface area contributed by atoms with Crippen molar-refractivity contribution in [2.24, 2.45) is 5.92 Å². The lowest BCUT2D eigenvalue weighted by Crippen LogP contribution is -2.41. The standard InChI is InChI=1S/C6H12N2O3/c1-4(6(10)11)5(9)7-8(2)3/h4H,1-3H3,(H,7,9)(H,10,11). The normalized spacial score (nSPS) is 12.7. The summed E-state index contributed by atoms with van der Waals surface area (Å²) in [4.78, 5) is 21.1. The molecule has 2 N–H and O–H groups in total. The highest BCUT2D eigenvalue weighted by atomic mass is 16.4. The molecule has 0 saturated heterocycles. The molecule has 11 heavy (non-hydrogen) atoms. The molecular formula is C6H12N2O3. The van der Waals surface area contributed by atoms with Gasteiger partial charge in [-0.25, -0.2) is 5.01 Å². The minimum atomic E-state index is -1.12. The average Bonchev–Trinajstić information content (AvgIpc) is 1.84. The van der Waals surface area contributed by atoms with E-state index in [1.807, 2.05) is 0 Å². The van der Waals surface area contributed by atoms with Gasteiger partial charge in [-0.15, -0.1) is 0 Å². The zero-order valence-electron chi connectivity index (χ0n) is 6.79. The molecule has 1 unspecified atom stereocenters. The van der Waals surface area contributed by atoms with Crippen LogP contribution in [0.5, 0.6) is 0 Å². The maximum absolute atomic E-state index is 10.9. The Morgan fingerprint density at radius 3 is 2.18 bits per heavy atom. The Labute approximate surface area is 65.0 Å². The number of rotatable bonds is 3. The number of carboxylic acids is 1. The zero-order chi connectivity index (χ0) is 9.02. The minimum Gasteiger partial charge on any atom is -0.481 e. The molecule has 0 aliphatic heterocycles. The van der Waals surface area contributed by atoms with Gasteiger partial charge in [0.15, 0.2) is 0 Å². The van der Waals surface area contributed by atoms with E-state index in [0.29, 0.717) is 0 Å². The van der Waals surface area contributed by atoms with Crippen molar-refractivity contribution in [1.29, 1.82) is 0 Å². The summed E-state index contributed by atoms with van der Waals surface area (Å²) in [5.74, 6) is -2.63.